The van der Waals surface area contributed by atoms with Crippen molar-refractivity contribution in [3.8, 4) is 0 Å². The van der Waals surface area contributed by atoms with E-state index in [1.165, 1.54) is 11.3 Å². The predicted molar refractivity (Wildman–Crippen MR) is 90.7 cm³/mol. The molecule has 20 heavy (non-hydrogen) atoms. The van der Waals surface area contributed by atoms with Crippen LogP contribution >= 0.6 is 11.6 Å². The normalized spacial score (nSPS) is 11.4. The molecule has 0 saturated heterocycles. The van der Waals surface area contributed by atoms with Crippen LogP contribution in [0, 0.1) is 11.8 Å². The molecule has 0 aromatic heterocycles. The van der Waals surface area contributed by atoms with Crippen LogP contribution < -0.4 is 10.2 Å². The van der Waals surface area contributed by atoms with E-state index in [4.69, 9.17) is 11.6 Å². The summed E-state index contributed by atoms with van der Waals surface area (Å²) in [5.74, 6) is 1.24. The first-order valence-corrected chi connectivity index (χ1v) is 8.06. The lowest BCUT2D eigenvalue weighted by Gasteiger charge is -2.31. The van der Waals surface area contributed by atoms with E-state index in [2.05, 4.69) is 50.9 Å². The quantitative estimate of drug-likeness (QED) is 0.756. The highest BCUT2D eigenvalue weighted by Gasteiger charge is 2.17. The first-order valence-electron chi connectivity index (χ1n) is 7.68. The van der Waals surface area contributed by atoms with Gasteiger partial charge in [0.25, 0.3) is 0 Å². The van der Waals surface area contributed by atoms with Crippen LogP contribution in [0.5, 0.6) is 0 Å². The van der Waals surface area contributed by atoms with Gasteiger partial charge in [0.2, 0.25) is 0 Å². The molecule has 0 atom stereocenters. The minimum atomic E-state index is 0.622. The number of anilines is 1. The maximum atomic E-state index is 6.50. The summed E-state index contributed by atoms with van der Waals surface area (Å²) in [5, 5.41) is 4.27. The van der Waals surface area contributed by atoms with Crippen LogP contribution in [-0.2, 0) is 6.54 Å². The highest BCUT2D eigenvalue weighted by atomic mass is 35.5. The summed E-state index contributed by atoms with van der Waals surface area (Å²) in [6, 6.07) is 6.22. The van der Waals surface area contributed by atoms with Gasteiger partial charge < -0.3 is 10.2 Å². The maximum Gasteiger partial charge on any atom is 0.0642 e. The average molecular weight is 297 g/mol. The van der Waals surface area contributed by atoms with Gasteiger partial charge in [0.1, 0.15) is 0 Å². The standard InChI is InChI=1S/C17H29ClN2/c1-6-19-10-15-8-7-9-16(18)17(15)20(11-13(2)3)12-14(4)5/h7-9,13-14,19H,6,10-12H2,1-5H3. The zero-order valence-corrected chi connectivity index (χ0v) is 14.3. The molecule has 0 radical (unpaired) electrons. The monoisotopic (exact) mass is 296 g/mol. The maximum absolute atomic E-state index is 6.50. The molecular weight excluding hydrogens is 268 g/mol. The van der Waals surface area contributed by atoms with Gasteiger partial charge >= 0.3 is 0 Å². The van der Waals surface area contributed by atoms with Crippen LogP contribution in [0.4, 0.5) is 5.69 Å². The van der Waals surface area contributed by atoms with Gasteiger partial charge in [0, 0.05) is 19.6 Å². The van der Waals surface area contributed by atoms with Gasteiger partial charge in [-0.2, -0.15) is 0 Å². The fourth-order valence-electron chi connectivity index (χ4n) is 2.46. The Bertz CT molecular complexity index is 392. The number of para-hydroxylation sites is 1. The molecule has 3 heteroatoms. The van der Waals surface area contributed by atoms with E-state index >= 15 is 0 Å². The van der Waals surface area contributed by atoms with E-state index in [1.807, 2.05) is 12.1 Å². The Kier molecular flexibility index (Phi) is 7.39. The van der Waals surface area contributed by atoms with Crippen molar-refractivity contribution in [3.05, 3.63) is 28.8 Å². The number of benzene rings is 1. The van der Waals surface area contributed by atoms with E-state index in [9.17, 15) is 0 Å². The van der Waals surface area contributed by atoms with Crippen molar-refractivity contribution in [2.45, 2.75) is 41.2 Å². The van der Waals surface area contributed by atoms with Crippen molar-refractivity contribution < 1.29 is 0 Å². The topological polar surface area (TPSA) is 15.3 Å². The third kappa shape index (κ3) is 5.34. The van der Waals surface area contributed by atoms with E-state index < -0.39 is 0 Å². The number of nitrogens with one attached hydrogen (secondary N) is 1. The molecule has 1 rings (SSSR count). The largest absolute Gasteiger partial charge is 0.370 e. The highest BCUT2D eigenvalue weighted by Crippen LogP contribution is 2.31. The Hall–Kier alpha value is -0.730. The van der Waals surface area contributed by atoms with Crippen LogP contribution in [0.2, 0.25) is 5.02 Å². The molecule has 0 amide bonds. The molecule has 1 aromatic carbocycles. The third-order valence-corrected chi connectivity index (χ3v) is 3.43. The van der Waals surface area contributed by atoms with Crippen LogP contribution in [-0.4, -0.2) is 19.6 Å². The van der Waals surface area contributed by atoms with E-state index in [-0.39, 0.29) is 0 Å². The number of nitrogens with zero attached hydrogens (tertiary/aromatic N) is 1. The highest BCUT2D eigenvalue weighted by molar-refractivity contribution is 6.33. The summed E-state index contributed by atoms with van der Waals surface area (Å²) >= 11 is 6.50. The molecule has 0 bridgehead atoms. The van der Waals surface area contributed by atoms with Gasteiger partial charge in [-0.1, -0.05) is 58.4 Å². The lowest BCUT2D eigenvalue weighted by atomic mass is 10.1. The number of hydrogen-bond acceptors (Lipinski definition) is 2. The van der Waals surface area contributed by atoms with E-state index in [1.54, 1.807) is 0 Å². The summed E-state index contributed by atoms with van der Waals surface area (Å²) < 4.78 is 0. The summed E-state index contributed by atoms with van der Waals surface area (Å²) in [6.07, 6.45) is 0. The van der Waals surface area contributed by atoms with Crippen molar-refractivity contribution in [2.24, 2.45) is 11.8 Å². The van der Waals surface area contributed by atoms with Crippen LogP contribution in [0.25, 0.3) is 0 Å². The summed E-state index contributed by atoms with van der Waals surface area (Å²) in [5.41, 5.74) is 2.50. The van der Waals surface area contributed by atoms with E-state index in [0.717, 1.165) is 31.2 Å². The third-order valence-electron chi connectivity index (χ3n) is 3.12. The van der Waals surface area contributed by atoms with Crippen molar-refractivity contribution >= 4 is 17.3 Å². The molecule has 0 spiro atoms. The number of hydrogen-bond donors (Lipinski definition) is 1. The van der Waals surface area contributed by atoms with Crippen LogP contribution in [0.1, 0.15) is 40.2 Å². The van der Waals surface area contributed by atoms with Gasteiger partial charge in [-0.15, -0.1) is 0 Å². The van der Waals surface area contributed by atoms with Crippen molar-refractivity contribution in [3.63, 3.8) is 0 Å². The molecular formula is C17H29ClN2. The average Bonchev–Trinajstić information content (AvgIpc) is 2.34. The number of rotatable bonds is 8. The lowest BCUT2D eigenvalue weighted by Crippen LogP contribution is -2.33. The zero-order chi connectivity index (χ0) is 15.1. The van der Waals surface area contributed by atoms with Gasteiger partial charge in [0.05, 0.1) is 10.7 Å². The van der Waals surface area contributed by atoms with Crippen molar-refractivity contribution in [1.82, 2.24) is 5.32 Å². The molecule has 0 unspecified atom stereocenters. The fourth-order valence-corrected chi connectivity index (χ4v) is 2.77. The minimum Gasteiger partial charge on any atom is -0.370 e. The molecule has 0 aliphatic heterocycles. The second-order valence-electron chi connectivity index (χ2n) is 6.22. The van der Waals surface area contributed by atoms with Crippen LogP contribution in [0.15, 0.2) is 18.2 Å². The van der Waals surface area contributed by atoms with Gasteiger partial charge in [-0.05, 0) is 30.0 Å². The first-order chi connectivity index (χ1) is 9.45. The van der Waals surface area contributed by atoms with E-state index in [0.29, 0.717) is 11.8 Å². The smallest absolute Gasteiger partial charge is 0.0642 e. The summed E-state index contributed by atoms with van der Waals surface area (Å²) in [7, 11) is 0. The first kappa shape index (κ1) is 17.3. The Labute approximate surface area is 129 Å². The van der Waals surface area contributed by atoms with Crippen molar-refractivity contribution in [2.75, 3.05) is 24.5 Å². The molecule has 1 aromatic rings. The lowest BCUT2D eigenvalue weighted by molar-refractivity contribution is 0.550. The number of halogens is 1. The SMILES string of the molecule is CCNCc1cccc(Cl)c1N(CC(C)C)CC(C)C. The molecule has 0 saturated carbocycles. The van der Waals surface area contributed by atoms with Crippen LogP contribution in [0.3, 0.4) is 0 Å². The molecule has 0 fully saturated rings. The Morgan fingerprint density at radius 3 is 2.20 bits per heavy atom. The summed E-state index contributed by atoms with van der Waals surface area (Å²) in [4.78, 5) is 2.45. The molecule has 0 heterocycles. The predicted octanol–water partition coefficient (Wildman–Crippen LogP) is 4.57. The molecule has 0 aliphatic carbocycles. The van der Waals surface area contributed by atoms with Gasteiger partial charge in [-0.3, -0.25) is 0 Å². The Morgan fingerprint density at radius 2 is 1.70 bits per heavy atom. The minimum absolute atomic E-state index is 0.622. The molecule has 0 aliphatic rings. The zero-order valence-electron chi connectivity index (χ0n) is 13.5. The summed E-state index contributed by atoms with van der Waals surface area (Å²) in [6.45, 7) is 15.1. The molecule has 1 N–H and O–H groups in total. The van der Waals surface area contributed by atoms with Gasteiger partial charge in [0.15, 0.2) is 0 Å². The Balaban J connectivity index is 3.08. The van der Waals surface area contributed by atoms with Crippen molar-refractivity contribution in [1.29, 1.82) is 0 Å². The molecule has 2 nitrogen and oxygen atoms in total. The fraction of sp³-hybridized carbons (Fsp3) is 0.647. The van der Waals surface area contributed by atoms with Gasteiger partial charge in [-0.25, -0.2) is 0 Å². The second-order valence-corrected chi connectivity index (χ2v) is 6.63. The molecule has 114 valence electrons. The Morgan fingerprint density at radius 1 is 1.10 bits per heavy atom. The second kappa shape index (κ2) is 8.53.